The van der Waals surface area contributed by atoms with Gasteiger partial charge in [-0.15, -0.1) is 0 Å². The number of benzene rings is 3. The first-order chi connectivity index (χ1) is 32.3. The van der Waals surface area contributed by atoms with E-state index in [1.165, 1.54) is 12.3 Å². The number of nitrogens with one attached hydrogen (secondary N) is 4. The van der Waals surface area contributed by atoms with Crippen molar-refractivity contribution in [2.75, 3.05) is 95.3 Å². The number of methoxy groups -OCH3 is 1. The highest BCUT2D eigenvalue weighted by molar-refractivity contribution is 7.70. The number of anilines is 5. The highest BCUT2D eigenvalue weighted by Crippen LogP contribution is 2.39. The molecule has 5 amide bonds. The first-order valence-corrected chi connectivity index (χ1v) is 24.9. The van der Waals surface area contributed by atoms with Crippen LogP contribution >= 0.6 is 18.7 Å². The largest absolute Gasteiger partial charge is 0.494 e. The number of carbonyl (C=O) groups excluding carboxylic acids is 5. The van der Waals surface area contributed by atoms with Gasteiger partial charge in [-0.3, -0.25) is 34.2 Å². The molecule has 4 aromatic rings. The van der Waals surface area contributed by atoms with E-state index in [0.29, 0.717) is 59.0 Å². The summed E-state index contributed by atoms with van der Waals surface area (Å²) in [6.45, 7) is 6.71. The molecule has 0 spiro atoms. The van der Waals surface area contributed by atoms with Crippen LogP contribution in [0.3, 0.4) is 0 Å². The summed E-state index contributed by atoms with van der Waals surface area (Å²) in [5.74, 6) is -0.961. The molecule has 3 aliphatic rings. The molecule has 67 heavy (non-hydrogen) atoms. The predicted molar refractivity (Wildman–Crippen MR) is 251 cm³/mol. The number of para-hydroxylation sites is 1. The molecule has 4 N–H and O–H groups in total. The molecule has 0 bridgehead atoms. The van der Waals surface area contributed by atoms with Crippen molar-refractivity contribution in [3.05, 3.63) is 83.0 Å². The molecule has 7 rings (SSSR count). The van der Waals surface area contributed by atoms with Crippen molar-refractivity contribution in [2.45, 2.75) is 44.2 Å². The zero-order valence-corrected chi connectivity index (χ0v) is 39.2. The Hall–Kier alpha value is -6.11. The molecule has 3 aromatic carbocycles. The van der Waals surface area contributed by atoms with Crippen molar-refractivity contribution >= 4 is 82.4 Å². The summed E-state index contributed by atoms with van der Waals surface area (Å²) in [5, 5.41) is 12.7. The fourth-order valence-corrected chi connectivity index (χ4v) is 9.19. The maximum absolute atomic E-state index is 13.2. The van der Waals surface area contributed by atoms with Gasteiger partial charge in [-0.2, -0.15) is 4.98 Å². The number of carbonyl (C=O) groups is 5. The first kappa shape index (κ1) is 48.8. The number of hydrogen-bond acceptors (Lipinski definition) is 16. The summed E-state index contributed by atoms with van der Waals surface area (Å²) in [6, 6.07) is 16.9. The molecule has 0 saturated carbocycles. The topological polar surface area (TPSA) is 229 Å². The summed E-state index contributed by atoms with van der Waals surface area (Å²) >= 11 is 6.45. The lowest BCUT2D eigenvalue weighted by atomic mass is 10.0. The van der Waals surface area contributed by atoms with Crippen LogP contribution in [0.1, 0.15) is 52.8 Å². The van der Waals surface area contributed by atoms with Crippen molar-refractivity contribution in [1.29, 1.82) is 0 Å². The van der Waals surface area contributed by atoms with Crippen LogP contribution in [0.2, 0.25) is 5.02 Å². The molecule has 19 nitrogen and oxygen atoms in total. The van der Waals surface area contributed by atoms with Crippen LogP contribution in [-0.2, 0) is 33.2 Å². The standard InChI is InChI=1S/C46H54ClN8O11P/c1-62-37-27-30(11-12-33(37)51-46-48-28-32(47)42(53-46)50-34-8-4-5-10-38(34)67(2,3)61)54-18-15-29(16-19-54)49-40(57)17-20-63-21-22-64-23-24-65-25-26-66-36-9-6-7-31-41(36)45(60)55(44(31)59)35-13-14-39(56)52-43(35)58/h4-12,27-29,35H,13-26H2,1-3H3,(H,49,57)(H,52,56,58)(H2,48,50,51,53). The van der Waals surface area contributed by atoms with Crippen LogP contribution < -0.4 is 40.9 Å². The molecule has 3 aliphatic heterocycles. The molecular weight excluding hydrogens is 907 g/mol. The Kier molecular flexibility index (Phi) is 16.5. The Bertz CT molecular complexity index is 2520. The molecular formula is C46H54ClN8O11P. The van der Waals surface area contributed by atoms with Gasteiger partial charge in [0.05, 0.1) is 75.4 Å². The number of rotatable bonds is 22. The summed E-state index contributed by atoms with van der Waals surface area (Å²) in [4.78, 5) is 74.9. The maximum Gasteiger partial charge on any atom is 0.266 e. The smallest absolute Gasteiger partial charge is 0.266 e. The van der Waals surface area contributed by atoms with Crippen molar-refractivity contribution < 1.29 is 52.2 Å². The lowest BCUT2D eigenvalue weighted by molar-refractivity contribution is -0.136. The average Bonchev–Trinajstić information content (AvgIpc) is 3.56. The third-order valence-corrected chi connectivity index (χ3v) is 13.1. The predicted octanol–water partition coefficient (Wildman–Crippen LogP) is 4.88. The summed E-state index contributed by atoms with van der Waals surface area (Å²) in [6.07, 6.45) is 3.39. The summed E-state index contributed by atoms with van der Waals surface area (Å²) in [7, 11) is -0.975. The van der Waals surface area contributed by atoms with E-state index in [1.54, 1.807) is 32.6 Å². The average molecular weight is 961 g/mol. The second kappa shape index (κ2) is 22.6. The van der Waals surface area contributed by atoms with E-state index < -0.39 is 36.8 Å². The zero-order valence-electron chi connectivity index (χ0n) is 37.5. The number of amides is 5. The molecule has 2 fully saturated rings. The zero-order chi connectivity index (χ0) is 47.5. The quantitative estimate of drug-likeness (QED) is 0.0468. The number of nitrogens with zero attached hydrogens (tertiary/aromatic N) is 4. The Balaban J connectivity index is 0.744. The van der Waals surface area contributed by atoms with Crippen LogP contribution in [0.15, 0.2) is 66.9 Å². The van der Waals surface area contributed by atoms with Crippen LogP contribution in [0.5, 0.6) is 11.5 Å². The van der Waals surface area contributed by atoms with E-state index in [9.17, 15) is 28.5 Å². The molecule has 1 atom stereocenters. The summed E-state index contributed by atoms with van der Waals surface area (Å²) in [5.41, 5.74) is 2.52. The Labute approximate surface area is 392 Å². The Morgan fingerprint density at radius 3 is 2.27 bits per heavy atom. The van der Waals surface area contributed by atoms with Gasteiger partial charge >= 0.3 is 0 Å². The lowest BCUT2D eigenvalue weighted by Gasteiger charge is -2.34. The van der Waals surface area contributed by atoms with Gasteiger partial charge in [0.2, 0.25) is 23.7 Å². The maximum atomic E-state index is 13.2. The minimum absolute atomic E-state index is 0.0358. The van der Waals surface area contributed by atoms with E-state index in [-0.39, 0.29) is 74.5 Å². The van der Waals surface area contributed by atoms with Crippen LogP contribution in [-0.4, -0.2) is 136 Å². The number of halogens is 1. The van der Waals surface area contributed by atoms with E-state index in [1.807, 2.05) is 42.5 Å². The summed E-state index contributed by atoms with van der Waals surface area (Å²) < 4.78 is 41.1. The van der Waals surface area contributed by atoms with Crippen LogP contribution in [0.25, 0.3) is 0 Å². The van der Waals surface area contributed by atoms with Gasteiger partial charge in [0.1, 0.15) is 36.3 Å². The third kappa shape index (κ3) is 12.5. The highest BCUT2D eigenvalue weighted by atomic mass is 35.5. The van der Waals surface area contributed by atoms with E-state index in [2.05, 4.69) is 36.1 Å². The fraction of sp³-hybridized carbons (Fsp3) is 0.413. The first-order valence-electron chi connectivity index (χ1n) is 21.9. The van der Waals surface area contributed by atoms with Gasteiger partial charge in [0.15, 0.2) is 5.82 Å². The van der Waals surface area contributed by atoms with Crippen molar-refractivity contribution in [1.82, 2.24) is 25.5 Å². The van der Waals surface area contributed by atoms with E-state index in [0.717, 1.165) is 36.5 Å². The van der Waals surface area contributed by atoms with E-state index >= 15 is 0 Å². The van der Waals surface area contributed by atoms with E-state index in [4.69, 9.17) is 35.3 Å². The van der Waals surface area contributed by atoms with Crippen LogP contribution in [0.4, 0.5) is 28.8 Å². The monoisotopic (exact) mass is 960 g/mol. The molecule has 0 radical (unpaired) electrons. The van der Waals surface area contributed by atoms with Gasteiger partial charge in [0.25, 0.3) is 11.8 Å². The van der Waals surface area contributed by atoms with Crippen molar-refractivity contribution in [2.24, 2.45) is 0 Å². The van der Waals surface area contributed by atoms with Gasteiger partial charge in [-0.05, 0) is 69.0 Å². The fourth-order valence-electron chi connectivity index (χ4n) is 7.90. The van der Waals surface area contributed by atoms with Crippen molar-refractivity contribution in [3.63, 3.8) is 0 Å². The normalized spacial score (nSPS) is 16.4. The third-order valence-electron chi connectivity index (χ3n) is 11.3. The minimum Gasteiger partial charge on any atom is -0.494 e. The molecule has 2 saturated heterocycles. The number of ether oxygens (including phenoxy) is 5. The molecule has 0 aliphatic carbocycles. The Morgan fingerprint density at radius 2 is 1.55 bits per heavy atom. The second-order valence-electron chi connectivity index (χ2n) is 16.3. The van der Waals surface area contributed by atoms with Gasteiger partial charge in [-0.1, -0.05) is 29.8 Å². The minimum atomic E-state index is -2.57. The highest BCUT2D eigenvalue weighted by Gasteiger charge is 2.46. The second-order valence-corrected chi connectivity index (χ2v) is 19.9. The van der Waals surface area contributed by atoms with Gasteiger partial charge in [-0.25, -0.2) is 4.98 Å². The number of fused-ring (bicyclic) bond motifs is 1. The van der Waals surface area contributed by atoms with Gasteiger partial charge < -0.3 is 49.1 Å². The lowest BCUT2D eigenvalue weighted by Crippen LogP contribution is -2.54. The molecule has 4 heterocycles. The molecule has 356 valence electrons. The Morgan fingerprint density at radius 1 is 0.836 bits per heavy atom. The van der Waals surface area contributed by atoms with Crippen LogP contribution in [0, 0.1) is 0 Å². The molecule has 21 heteroatoms. The number of hydrogen-bond donors (Lipinski definition) is 4. The number of imide groups is 2. The molecule has 1 aromatic heterocycles. The molecule has 1 unspecified atom stereocenters. The SMILES string of the molecule is COc1cc(N2CCC(NC(=O)CCOCCOCCOCCOc3cccc4c3C(=O)N(C3CCC(=O)NC3=O)C4=O)CC2)ccc1Nc1ncc(Cl)c(Nc2ccccc2P(C)(C)=O)n1. The van der Waals surface area contributed by atoms with Crippen molar-refractivity contribution in [3.8, 4) is 11.5 Å². The van der Waals surface area contributed by atoms with Gasteiger partial charge in [0, 0.05) is 49.0 Å². The number of aromatic nitrogens is 2. The number of piperidine rings is 2.